The molecular formula is C19H22ClN3O3. The van der Waals surface area contributed by atoms with Crippen molar-refractivity contribution < 1.29 is 14.3 Å². The molecule has 2 rings (SSSR count). The number of anilines is 3. The third-order valence-corrected chi connectivity index (χ3v) is 3.52. The second-order valence-corrected chi connectivity index (χ2v) is 7.06. The first kappa shape index (κ1) is 19.6. The van der Waals surface area contributed by atoms with Gasteiger partial charge in [0.2, 0.25) is 0 Å². The highest BCUT2D eigenvalue weighted by atomic mass is 35.5. The lowest BCUT2D eigenvalue weighted by atomic mass is 10.2. The fraction of sp³-hybridized carbons (Fsp3) is 0.263. The number of alkyl carbamates (subject to hydrolysis) is 1. The van der Waals surface area contributed by atoms with E-state index in [9.17, 15) is 9.59 Å². The highest BCUT2D eigenvalue weighted by molar-refractivity contribution is 6.31. The minimum atomic E-state index is -0.669. The molecule has 26 heavy (non-hydrogen) atoms. The zero-order valence-electron chi connectivity index (χ0n) is 15.0. The Kier molecular flexibility index (Phi) is 6.10. The van der Waals surface area contributed by atoms with Crippen LogP contribution in [0.1, 0.15) is 20.8 Å². The Morgan fingerprint density at radius 2 is 1.81 bits per heavy atom. The molecule has 3 N–H and O–H groups in total. The minimum absolute atomic E-state index is 0.254. The number of nitrogen functional groups attached to an aromatic ring is 1. The predicted molar refractivity (Wildman–Crippen MR) is 104 cm³/mol. The largest absolute Gasteiger partial charge is 0.444 e. The van der Waals surface area contributed by atoms with Crippen LogP contribution >= 0.6 is 11.6 Å². The molecule has 2 aromatic carbocycles. The minimum Gasteiger partial charge on any atom is -0.444 e. The zero-order valence-corrected chi connectivity index (χ0v) is 15.7. The van der Waals surface area contributed by atoms with E-state index in [0.29, 0.717) is 22.1 Å². The molecule has 0 atom stereocenters. The van der Waals surface area contributed by atoms with Gasteiger partial charge in [-0.15, -0.1) is 0 Å². The van der Waals surface area contributed by atoms with Gasteiger partial charge >= 0.3 is 6.09 Å². The Bertz CT molecular complexity index is 788. The number of amides is 2. The summed E-state index contributed by atoms with van der Waals surface area (Å²) < 4.78 is 5.16. The van der Waals surface area contributed by atoms with Crippen LogP contribution in [0, 0.1) is 0 Å². The number of hydrogen-bond donors (Lipinski definition) is 2. The maximum absolute atomic E-state index is 12.8. The van der Waals surface area contributed by atoms with Crippen molar-refractivity contribution in [3.63, 3.8) is 0 Å². The van der Waals surface area contributed by atoms with Crippen LogP contribution < -0.4 is 16.0 Å². The van der Waals surface area contributed by atoms with Crippen molar-refractivity contribution >= 4 is 40.7 Å². The van der Waals surface area contributed by atoms with Crippen molar-refractivity contribution in [3.05, 3.63) is 53.6 Å². The van der Waals surface area contributed by atoms with E-state index in [0.717, 1.165) is 0 Å². The van der Waals surface area contributed by atoms with Gasteiger partial charge in [0.25, 0.3) is 5.91 Å². The Hall–Kier alpha value is -2.73. The van der Waals surface area contributed by atoms with Gasteiger partial charge < -0.3 is 15.8 Å². The smallest absolute Gasteiger partial charge is 0.408 e. The molecular weight excluding hydrogens is 354 g/mol. The third kappa shape index (κ3) is 5.39. The Morgan fingerprint density at radius 3 is 2.42 bits per heavy atom. The molecule has 0 heterocycles. The summed E-state index contributed by atoms with van der Waals surface area (Å²) in [5.74, 6) is -0.379. The number of carbonyl (C=O) groups excluding carboxylic acids is 2. The third-order valence-electron chi connectivity index (χ3n) is 3.28. The van der Waals surface area contributed by atoms with E-state index >= 15 is 0 Å². The summed E-state index contributed by atoms with van der Waals surface area (Å²) in [6, 6.07) is 13.9. The lowest BCUT2D eigenvalue weighted by molar-refractivity contribution is -0.117. The highest BCUT2D eigenvalue weighted by Gasteiger charge is 2.22. The summed E-state index contributed by atoms with van der Waals surface area (Å²) in [7, 11) is 0. The molecule has 0 saturated carbocycles. The average Bonchev–Trinajstić information content (AvgIpc) is 2.56. The van der Waals surface area contributed by atoms with Crippen LogP contribution in [0.5, 0.6) is 0 Å². The maximum Gasteiger partial charge on any atom is 0.408 e. The number of ether oxygens (including phenoxy) is 1. The molecule has 2 aromatic rings. The maximum atomic E-state index is 12.8. The van der Waals surface area contributed by atoms with Crippen LogP contribution in [0.25, 0.3) is 0 Å². The summed E-state index contributed by atoms with van der Waals surface area (Å²) in [5, 5.41) is 2.91. The fourth-order valence-corrected chi connectivity index (χ4v) is 2.41. The first-order valence-corrected chi connectivity index (χ1v) is 8.45. The van der Waals surface area contributed by atoms with Crippen molar-refractivity contribution in [2.75, 3.05) is 17.2 Å². The van der Waals surface area contributed by atoms with Crippen molar-refractivity contribution in [1.29, 1.82) is 0 Å². The lowest BCUT2D eigenvalue weighted by Gasteiger charge is -2.25. The summed E-state index contributed by atoms with van der Waals surface area (Å²) in [6.45, 7) is 4.99. The van der Waals surface area contributed by atoms with Gasteiger partial charge in [-0.05, 0) is 51.1 Å². The van der Waals surface area contributed by atoms with Crippen LogP contribution in [0.3, 0.4) is 0 Å². The molecule has 0 aliphatic rings. The number of hydrogen-bond acceptors (Lipinski definition) is 4. The standard InChI is InChI=1S/C19H22ClN3O3/c1-19(2,3)26-18(25)22-12-17(24)23(14-7-5-4-6-8-14)16-11-13(20)9-10-15(16)21/h4-11H,12,21H2,1-3H3,(H,22,25). The van der Waals surface area contributed by atoms with Crippen LogP contribution in [-0.4, -0.2) is 24.1 Å². The van der Waals surface area contributed by atoms with Gasteiger partial charge in [-0.2, -0.15) is 0 Å². The molecule has 0 fully saturated rings. The van der Waals surface area contributed by atoms with Crippen molar-refractivity contribution in [2.45, 2.75) is 26.4 Å². The van der Waals surface area contributed by atoms with E-state index in [-0.39, 0.29) is 12.5 Å². The summed E-state index contributed by atoms with van der Waals surface area (Å²) in [4.78, 5) is 26.1. The molecule has 0 aromatic heterocycles. The van der Waals surface area contributed by atoms with E-state index in [4.69, 9.17) is 22.1 Å². The Balaban J connectivity index is 2.26. The van der Waals surface area contributed by atoms with Crippen LogP contribution in [-0.2, 0) is 9.53 Å². The summed E-state index contributed by atoms with van der Waals surface area (Å²) in [5.41, 5.74) is 6.84. The monoisotopic (exact) mass is 375 g/mol. The first-order valence-electron chi connectivity index (χ1n) is 8.07. The average molecular weight is 376 g/mol. The zero-order chi connectivity index (χ0) is 19.3. The summed E-state index contributed by atoms with van der Waals surface area (Å²) in [6.07, 6.45) is -0.669. The number of para-hydroxylation sites is 1. The SMILES string of the molecule is CC(C)(C)OC(=O)NCC(=O)N(c1ccccc1)c1cc(Cl)ccc1N. The number of nitrogens with one attached hydrogen (secondary N) is 1. The molecule has 6 nitrogen and oxygen atoms in total. The molecule has 0 bridgehead atoms. The van der Waals surface area contributed by atoms with E-state index in [2.05, 4.69) is 5.32 Å². The van der Waals surface area contributed by atoms with Crippen LogP contribution in [0.15, 0.2) is 48.5 Å². The van der Waals surface area contributed by atoms with Gasteiger partial charge in [0.05, 0.1) is 11.4 Å². The molecule has 0 aliphatic heterocycles. The van der Waals surface area contributed by atoms with Crippen LogP contribution in [0.4, 0.5) is 21.9 Å². The van der Waals surface area contributed by atoms with E-state index in [1.54, 1.807) is 63.2 Å². The lowest BCUT2D eigenvalue weighted by Crippen LogP contribution is -2.40. The molecule has 0 spiro atoms. The van der Waals surface area contributed by atoms with Gasteiger partial charge in [0, 0.05) is 10.7 Å². The number of nitrogens with zero attached hydrogens (tertiary/aromatic N) is 1. The molecule has 0 aliphatic carbocycles. The number of carbonyl (C=O) groups is 2. The number of nitrogens with two attached hydrogens (primary N) is 1. The second-order valence-electron chi connectivity index (χ2n) is 6.62. The topological polar surface area (TPSA) is 84.7 Å². The summed E-state index contributed by atoms with van der Waals surface area (Å²) >= 11 is 6.07. The van der Waals surface area contributed by atoms with E-state index in [1.165, 1.54) is 4.90 Å². The molecule has 0 radical (unpaired) electrons. The van der Waals surface area contributed by atoms with E-state index in [1.807, 2.05) is 6.07 Å². The van der Waals surface area contributed by atoms with E-state index < -0.39 is 11.7 Å². The first-order chi connectivity index (χ1) is 12.2. The molecule has 0 saturated heterocycles. The predicted octanol–water partition coefficient (Wildman–Crippen LogP) is 4.11. The fourth-order valence-electron chi connectivity index (χ4n) is 2.25. The molecule has 138 valence electrons. The van der Waals surface area contributed by atoms with Gasteiger partial charge in [0.15, 0.2) is 0 Å². The molecule has 2 amide bonds. The molecule has 0 unspecified atom stereocenters. The highest BCUT2D eigenvalue weighted by Crippen LogP contribution is 2.32. The quantitative estimate of drug-likeness (QED) is 0.787. The Labute approximate surface area is 157 Å². The van der Waals surface area contributed by atoms with Gasteiger partial charge in [-0.25, -0.2) is 4.79 Å². The second kappa shape index (κ2) is 8.10. The number of benzene rings is 2. The van der Waals surface area contributed by atoms with Crippen molar-refractivity contribution in [1.82, 2.24) is 5.32 Å². The van der Waals surface area contributed by atoms with Gasteiger partial charge in [-0.1, -0.05) is 29.8 Å². The van der Waals surface area contributed by atoms with Gasteiger partial charge in [0.1, 0.15) is 12.1 Å². The molecule has 7 heteroatoms. The Morgan fingerprint density at radius 1 is 1.15 bits per heavy atom. The normalized spacial score (nSPS) is 10.9. The van der Waals surface area contributed by atoms with Crippen LogP contribution in [0.2, 0.25) is 5.02 Å². The van der Waals surface area contributed by atoms with Crippen molar-refractivity contribution in [3.8, 4) is 0 Å². The van der Waals surface area contributed by atoms with Gasteiger partial charge in [-0.3, -0.25) is 9.69 Å². The van der Waals surface area contributed by atoms with Crippen molar-refractivity contribution in [2.24, 2.45) is 0 Å². The number of halogens is 1. The number of rotatable bonds is 4.